The second kappa shape index (κ2) is 9.83. The maximum Gasteiger partial charge on any atom is 0.266 e. The molecule has 1 amide bonds. The molecule has 1 aromatic carbocycles. The van der Waals surface area contributed by atoms with Gasteiger partial charge in [0.25, 0.3) is 5.91 Å². The number of likely N-dealkylation sites (N-methyl/N-ethyl adjacent to an activating group) is 1. The summed E-state index contributed by atoms with van der Waals surface area (Å²) in [4.78, 5) is 19.4. The number of aliphatic imine (C=N–C) groups is 1. The Kier molecular flexibility index (Phi) is 7.78. The van der Waals surface area contributed by atoms with Crippen LogP contribution in [-0.2, 0) is 4.79 Å². The molecular weight excluding hydrogens is 416 g/mol. The van der Waals surface area contributed by atoms with Crippen molar-refractivity contribution in [3.63, 3.8) is 0 Å². The SMILES string of the molecule is C=CCOc1cc(Br)c(/C=C2/SC(=NCC)N(CC)C2=O)cc1OCC. The number of carbonyl (C=O) groups is 1. The summed E-state index contributed by atoms with van der Waals surface area (Å²) in [5.41, 5.74) is 0.851. The van der Waals surface area contributed by atoms with Gasteiger partial charge >= 0.3 is 0 Å². The number of amidine groups is 1. The van der Waals surface area contributed by atoms with Crippen LogP contribution in [0.5, 0.6) is 11.5 Å². The molecule has 0 radical (unpaired) electrons. The van der Waals surface area contributed by atoms with Crippen molar-refractivity contribution in [1.29, 1.82) is 0 Å². The van der Waals surface area contributed by atoms with Gasteiger partial charge in [-0.1, -0.05) is 28.6 Å². The number of nitrogens with zero attached hydrogens (tertiary/aromatic N) is 2. The molecule has 0 saturated carbocycles. The van der Waals surface area contributed by atoms with Gasteiger partial charge in [0.05, 0.1) is 11.5 Å². The van der Waals surface area contributed by atoms with Gasteiger partial charge < -0.3 is 9.47 Å². The van der Waals surface area contributed by atoms with Crippen molar-refractivity contribution in [2.24, 2.45) is 4.99 Å². The third-order valence-corrected chi connectivity index (χ3v) is 5.24. The molecular formula is C19H23BrN2O3S. The van der Waals surface area contributed by atoms with E-state index in [2.05, 4.69) is 27.5 Å². The van der Waals surface area contributed by atoms with Crippen LogP contribution in [0, 0.1) is 0 Å². The zero-order valence-electron chi connectivity index (χ0n) is 15.3. The predicted molar refractivity (Wildman–Crippen MR) is 112 cm³/mol. The maximum atomic E-state index is 12.6. The van der Waals surface area contributed by atoms with Crippen molar-refractivity contribution in [3.8, 4) is 11.5 Å². The molecule has 0 aliphatic carbocycles. The molecule has 0 atom stereocenters. The Balaban J connectivity index is 2.40. The highest BCUT2D eigenvalue weighted by Gasteiger charge is 2.32. The zero-order valence-corrected chi connectivity index (χ0v) is 17.7. The monoisotopic (exact) mass is 438 g/mol. The molecule has 26 heavy (non-hydrogen) atoms. The molecule has 1 heterocycles. The lowest BCUT2D eigenvalue weighted by Crippen LogP contribution is -2.28. The van der Waals surface area contributed by atoms with Crippen molar-refractivity contribution >= 4 is 44.8 Å². The third-order valence-electron chi connectivity index (χ3n) is 3.50. The maximum absolute atomic E-state index is 12.6. The number of amides is 1. The summed E-state index contributed by atoms with van der Waals surface area (Å²) in [5, 5.41) is 0.748. The number of rotatable bonds is 8. The number of carbonyl (C=O) groups excluding carboxylic acids is 1. The average Bonchev–Trinajstić information content (AvgIpc) is 2.91. The van der Waals surface area contributed by atoms with Gasteiger partial charge in [-0.15, -0.1) is 0 Å². The molecule has 1 aliphatic heterocycles. The Labute approximate surface area is 167 Å². The molecule has 1 aromatic rings. The van der Waals surface area contributed by atoms with E-state index < -0.39 is 0 Å². The van der Waals surface area contributed by atoms with E-state index in [-0.39, 0.29) is 5.91 Å². The standard InChI is InChI=1S/C19H23BrN2O3S/c1-5-9-25-16-12-14(20)13(10-15(16)24-8-4)11-17-18(23)22(7-3)19(26-17)21-6-2/h5,10-12H,1,6-9H2,2-4H3/b17-11+,21-19?. The number of halogens is 1. The fraction of sp³-hybridized carbons (Fsp3) is 0.368. The molecule has 1 saturated heterocycles. The van der Waals surface area contributed by atoms with Crippen LogP contribution in [0.3, 0.4) is 0 Å². The van der Waals surface area contributed by atoms with Gasteiger partial charge in [0.15, 0.2) is 16.7 Å². The molecule has 5 nitrogen and oxygen atoms in total. The first kappa shape index (κ1) is 20.6. The van der Waals surface area contributed by atoms with Crippen molar-refractivity contribution in [2.75, 3.05) is 26.3 Å². The van der Waals surface area contributed by atoms with E-state index in [9.17, 15) is 4.79 Å². The van der Waals surface area contributed by atoms with Crippen molar-refractivity contribution in [1.82, 2.24) is 4.90 Å². The normalized spacial score (nSPS) is 17.2. The minimum absolute atomic E-state index is 0.0263. The quantitative estimate of drug-likeness (QED) is 0.434. The predicted octanol–water partition coefficient (Wildman–Crippen LogP) is 4.72. The molecule has 0 bridgehead atoms. The number of hydrogen-bond acceptors (Lipinski definition) is 5. The minimum Gasteiger partial charge on any atom is -0.490 e. The molecule has 7 heteroatoms. The highest BCUT2D eigenvalue weighted by molar-refractivity contribution is 9.10. The van der Waals surface area contributed by atoms with E-state index in [1.54, 1.807) is 11.0 Å². The van der Waals surface area contributed by atoms with Crippen LogP contribution in [0.15, 0.2) is 39.2 Å². The van der Waals surface area contributed by atoms with E-state index in [4.69, 9.17) is 9.47 Å². The molecule has 0 aromatic heterocycles. The number of benzene rings is 1. The molecule has 1 fully saturated rings. The first-order valence-electron chi connectivity index (χ1n) is 8.51. The molecule has 1 aliphatic rings. The van der Waals surface area contributed by atoms with E-state index in [1.165, 1.54) is 11.8 Å². The van der Waals surface area contributed by atoms with Gasteiger partial charge in [0.2, 0.25) is 0 Å². The first-order chi connectivity index (χ1) is 12.5. The number of hydrogen-bond donors (Lipinski definition) is 0. The minimum atomic E-state index is -0.0263. The Bertz CT molecular complexity index is 747. The van der Waals surface area contributed by atoms with Gasteiger partial charge in [0.1, 0.15) is 6.61 Å². The Hall–Kier alpha value is -1.73. The van der Waals surface area contributed by atoms with Crippen LogP contribution in [0.1, 0.15) is 26.3 Å². The van der Waals surface area contributed by atoms with Crippen LogP contribution in [0.4, 0.5) is 0 Å². The highest BCUT2D eigenvalue weighted by atomic mass is 79.9. The lowest BCUT2D eigenvalue weighted by atomic mass is 10.2. The molecule has 0 spiro atoms. The largest absolute Gasteiger partial charge is 0.490 e. The smallest absolute Gasteiger partial charge is 0.266 e. The highest BCUT2D eigenvalue weighted by Crippen LogP contribution is 2.38. The molecule has 2 rings (SSSR count). The van der Waals surface area contributed by atoms with Crippen LogP contribution in [0.25, 0.3) is 6.08 Å². The summed E-state index contributed by atoms with van der Waals surface area (Å²) in [6.45, 7) is 11.6. The van der Waals surface area contributed by atoms with Gasteiger partial charge in [0, 0.05) is 17.6 Å². The fourth-order valence-corrected chi connectivity index (χ4v) is 3.91. The van der Waals surface area contributed by atoms with Crippen molar-refractivity contribution in [3.05, 3.63) is 39.7 Å². The summed E-state index contributed by atoms with van der Waals surface area (Å²) < 4.78 is 12.2. The van der Waals surface area contributed by atoms with Gasteiger partial charge in [-0.3, -0.25) is 14.7 Å². The summed E-state index contributed by atoms with van der Waals surface area (Å²) >= 11 is 4.96. The summed E-state index contributed by atoms with van der Waals surface area (Å²) in [7, 11) is 0. The van der Waals surface area contributed by atoms with Crippen LogP contribution >= 0.6 is 27.7 Å². The third kappa shape index (κ3) is 4.71. The van der Waals surface area contributed by atoms with E-state index in [0.29, 0.717) is 42.7 Å². The van der Waals surface area contributed by atoms with E-state index >= 15 is 0 Å². The van der Waals surface area contributed by atoms with Crippen LogP contribution in [-0.4, -0.2) is 42.3 Å². The molecule has 140 valence electrons. The summed E-state index contributed by atoms with van der Waals surface area (Å²) in [6, 6.07) is 3.72. The van der Waals surface area contributed by atoms with Gasteiger partial charge in [-0.2, -0.15) is 0 Å². The van der Waals surface area contributed by atoms with Gasteiger partial charge in [-0.25, -0.2) is 0 Å². The Morgan fingerprint density at radius 1 is 1.27 bits per heavy atom. The second-order valence-corrected chi connectivity index (χ2v) is 7.13. The number of ether oxygens (including phenoxy) is 2. The fourth-order valence-electron chi connectivity index (χ4n) is 2.37. The topological polar surface area (TPSA) is 51.1 Å². The summed E-state index contributed by atoms with van der Waals surface area (Å²) in [6.07, 6.45) is 3.54. The first-order valence-corrected chi connectivity index (χ1v) is 10.1. The van der Waals surface area contributed by atoms with Crippen LogP contribution in [0.2, 0.25) is 0 Å². The lowest BCUT2D eigenvalue weighted by molar-refractivity contribution is -0.122. The summed E-state index contributed by atoms with van der Waals surface area (Å²) in [5.74, 6) is 1.24. The molecule has 0 N–H and O–H groups in total. The van der Waals surface area contributed by atoms with Crippen LogP contribution < -0.4 is 9.47 Å². The van der Waals surface area contributed by atoms with E-state index in [1.807, 2.05) is 39.0 Å². The van der Waals surface area contributed by atoms with Crippen molar-refractivity contribution in [2.45, 2.75) is 20.8 Å². The Morgan fingerprint density at radius 2 is 2.00 bits per heavy atom. The van der Waals surface area contributed by atoms with Crippen molar-refractivity contribution < 1.29 is 14.3 Å². The zero-order chi connectivity index (χ0) is 19.1. The second-order valence-electron chi connectivity index (χ2n) is 5.27. The lowest BCUT2D eigenvalue weighted by Gasteiger charge is -2.13. The van der Waals surface area contributed by atoms with Gasteiger partial charge in [-0.05, 0) is 56.3 Å². The number of thioether (sulfide) groups is 1. The molecule has 0 unspecified atom stereocenters. The Morgan fingerprint density at radius 3 is 2.62 bits per heavy atom. The van der Waals surface area contributed by atoms with E-state index in [0.717, 1.165) is 15.2 Å². The average molecular weight is 439 g/mol.